The molecule has 0 saturated heterocycles. The molecule has 0 heterocycles. The smallest absolute Gasteiger partial charge is 0.408 e. The summed E-state index contributed by atoms with van der Waals surface area (Å²) in [5.74, 6) is 0.206. The standard InChI is InChI=1S/C15H21NO3/c1-15(2,3)16(14(18)19)11-8-4-6-10-7-5-9-12(17)13(10)11/h5,7,9,11,17H,4,6,8H2,1-3H3,(H,18,19). The first-order valence-electron chi connectivity index (χ1n) is 6.65. The summed E-state index contributed by atoms with van der Waals surface area (Å²) in [5, 5.41) is 19.6. The Morgan fingerprint density at radius 2 is 2.05 bits per heavy atom. The van der Waals surface area contributed by atoms with Gasteiger partial charge in [-0.2, -0.15) is 0 Å². The molecular weight excluding hydrogens is 242 g/mol. The molecule has 0 aliphatic heterocycles. The van der Waals surface area contributed by atoms with E-state index in [2.05, 4.69) is 0 Å². The first kappa shape index (κ1) is 13.7. The summed E-state index contributed by atoms with van der Waals surface area (Å²) in [6, 6.07) is 5.17. The molecule has 0 saturated carbocycles. The molecular formula is C15H21NO3. The van der Waals surface area contributed by atoms with E-state index in [0.717, 1.165) is 30.4 Å². The second-order valence-corrected chi connectivity index (χ2v) is 6.08. The van der Waals surface area contributed by atoms with Gasteiger partial charge in [-0.1, -0.05) is 12.1 Å². The van der Waals surface area contributed by atoms with Gasteiger partial charge in [-0.25, -0.2) is 4.79 Å². The number of rotatable bonds is 1. The van der Waals surface area contributed by atoms with Crippen LogP contribution < -0.4 is 0 Å². The molecule has 1 aliphatic rings. The van der Waals surface area contributed by atoms with Crippen LogP contribution in [-0.4, -0.2) is 26.7 Å². The van der Waals surface area contributed by atoms with Crippen molar-refractivity contribution in [3.63, 3.8) is 0 Å². The maximum Gasteiger partial charge on any atom is 0.408 e. The van der Waals surface area contributed by atoms with Crippen molar-refractivity contribution in [2.75, 3.05) is 0 Å². The van der Waals surface area contributed by atoms with Gasteiger partial charge in [0.15, 0.2) is 0 Å². The average molecular weight is 263 g/mol. The molecule has 2 N–H and O–H groups in total. The van der Waals surface area contributed by atoms with Crippen molar-refractivity contribution in [2.24, 2.45) is 0 Å². The Kier molecular flexibility index (Phi) is 3.43. The van der Waals surface area contributed by atoms with Gasteiger partial charge in [-0.05, 0) is 51.7 Å². The van der Waals surface area contributed by atoms with Crippen LogP contribution in [0, 0.1) is 0 Å². The highest BCUT2D eigenvalue weighted by Crippen LogP contribution is 2.42. The number of phenols is 1. The summed E-state index contributed by atoms with van der Waals surface area (Å²) in [7, 11) is 0. The van der Waals surface area contributed by atoms with Gasteiger partial charge >= 0.3 is 6.09 Å². The number of amides is 1. The van der Waals surface area contributed by atoms with Crippen LogP contribution >= 0.6 is 0 Å². The SMILES string of the molecule is CC(C)(C)N(C(=O)O)C1CCCc2cccc(O)c21. The number of phenolic OH excluding ortho intramolecular Hbond substituents is 1. The average Bonchev–Trinajstić information content (AvgIpc) is 2.27. The molecule has 104 valence electrons. The van der Waals surface area contributed by atoms with Crippen LogP contribution in [-0.2, 0) is 6.42 Å². The maximum atomic E-state index is 11.6. The van der Waals surface area contributed by atoms with Gasteiger partial charge in [-0.15, -0.1) is 0 Å². The lowest BCUT2D eigenvalue weighted by Gasteiger charge is -2.42. The molecule has 1 unspecified atom stereocenters. The lowest BCUT2D eigenvalue weighted by atomic mass is 9.84. The third-order valence-corrected chi connectivity index (χ3v) is 3.67. The summed E-state index contributed by atoms with van der Waals surface area (Å²) in [6.45, 7) is 5.65. The number of aromatic hydroxyl groups is 1. The fourth-order valence-corrected chi connectivity index (χ4v) is 2.98. The maximum absolute atomic E-state index is 11.6. The van der Waals surface area contributed by atoms with Gasteiger partial charge in [0.2, 0.25) is 0 Å². The molecule has 1 atom stereocenters. The zero-order valence-electron chi connectivity index (χ0n) is 11.7. The van der Waals surface area contributed by atoms with Crippen molar-refractivity contribution in [1.82, 2.24) is 4.90 Å². The number of hydrogen-bond donors (Lipinski definition) is 2. The Labute approximate surface area is 113 Å². The number of aryl methyl sites for hydroxylation is 1. The van der Waals surface area contributed by atoms with E-state index in [9.17, 15) is 15.0 Å². The van der Waals surface area contributed by atoms with Gasteiger partial charge in [0, 0.05) is 11.1 Å². The Hall–Kier alpha value is -1.71. The number of carboxylic acid groups (broad SMARTS) is 1. The van der Waals surface area contributed by atoms with Crippen LogP contribution in [0.15, 0.2) is 18.2 Å². The van der Waals surface area contributed by atoms with Gasteiger partial charge in [-0.3, -0.25) is 4.90 Å². The number of fused-ring (bicyclic) bond motifs is 1. The van der Waals surface area contributed by atoms with Crippen LogP contribution in [0.1, 0.15) is 50.8 Å². The largest absolute Gasteiger partial charge is 0.508 e. The molecule has 0 radical (unpaired) electrons. The predicted molar refractivity (Wildman–Crippen MR) is 73.4 cm³/mol. The molecule has 0 bridgehead atoms. The Balaban J connectivity index is 2.50. The third-order valence-electron chi connectivity index (χ3n) is 3.67. The number of hydrogen-bond acceptors (Lipinski definition) is 2. The quantitative estimate of drug-likeness (QED) is 0.814. The van der Waals surface area contributed by atoms with Crippen molar-refractivity contribution in [1.29, 1.82) is 0 Å². The van der Waals surface area contributed by atoms with E-state index in [1.165, 1.54) is 4.90 Å². The number of carbonyl (C=O) groups is 1. The molecule has 2 rings (SSSR count). The first-order valence-corrected chi connectivity index (χ1v) is 6.65. The van der Waals surface area contributed by atoms with Gasteiger partial charge in [0.1, 0.15) is 5.75 Å². The molecule has 4 heteroatoms. The molecule has 19 heavy (non-hydrogen) atoms. The molecule has 1 aromatic carbocycles. The molecule has 4 nitrogen and oxygen atoms in total. The van der Waals surface area contributed by atoms with E-state index in [4.69, 9.17) is 0 Å². The van der Waals surface area contributed by atoms with Gasteiger partial charge < -0.3 is 10.2 Å². The molecule has 1 aromatic rings. The summed E-state index contributed by atoms with van der Waals surface area (Å²) in [4.78, 5) is 13.1. The van der Waals surface area contributed by atoms with E-state index < -0.39 is 11.6 Å². The van der Waals surface area contributed by atoms with Crippen molar-refractivity contribution in [3.8, 4) is 5.75 Å². The minimum absolute atomic E-state index is 0.206. The minimum Gasteiger partial charge on any atom is -0.508 e. The highest BCUT2D eigenvalue weighted by molar-refractivity contribution is 5.67. The molecule has 0 spiro atoms. The lowest BCUT2D eigenvalue weighted by Crippen LogP contribution is -2.48. The van der Waals surface area contributed by atoms with Crippen LogP contribution in [0.4, 0.5) is 4.79 Å². The molecule has 0 aromatic heterocycles. The summed E-state index contributed by atoms with van der Waals surface area (Å²) < 4.78 is 0. The first-order chi connectivity index (χ1) is 8.82. The lowest BCUT2D eigenvalue weighted by molar-refractivity contribution is 0.0630. The van der Waals surface area contributed by atoms with Crippen molar-refractivity contribution in [2.45, 2.75) is 51.6 Å². The summed E-state index contributed by atoms with van der Waals surface area (Å²) in [6.07, 6.45) is 1.67. The summed E-state index contributed by atoms with van der Waals surface area (Å²) >= 11 is 0. The van der Waals surface area contributed by atoms with E-state index in [-0.39, 0.29) is 11.8 Å². The van der Waals surface area contributed by atoms with Crippen molar-refractivity contribution < 1.29 is 15.0 Å². The van der Waals surface area contributed by atoms with E-state index in [0.29, 0.717) is 0 Å². The van der Waals surface area contributed by atoms with Gasteiger partial charge in [0.25, 0.3) is 0 Å². The predicted octanol–water partition coefficient (Wildman–Crippen LogP) is 3.55. The van der Waals surface area contributed by atoms with Crippen LogP contribution in [0.3, 0.4) is 0 Å². The fraction of sp³-hybridized carbons (Fsp3) is 0.533. The normalized spacial score (nSPS) is 18.8. The number of nitrogens with zero attached hydrogens (tertiary/aromatic N) is 1. The second-order valence-electron chi connectivity index (χ2n) is 6.08. The second kappa shape index (κ2) is 4.76. The third kappa shape index (κ3) is 2.53. The fourth-order valence-electron chi connectivity index (χ4n) is 2.98. The minimum atomic E-state index is -0.936. The van der Waals surface area contributed by atoms with E-state index in [1.807, 2.05) is 32.9 Å². The van der Waals surface area contributed by atoms with E-state index in [1.54, 1.807) is 6.07 Å². The zero-order chi connectivity index (χ0) is 14.2. The zero-order valence-corrected chi connectivity index (χ0v) is 11.7. The Morgan fingerprint density at radius 1 is 1.37 bits per heavy atom. The molecule has 1 aliphatic carbocycles. The van der Waals surface area contributed by atoms with Crippen molar-refractivity contribution in [3.05, 3.63) is 29.3 Å². The Bertz CT molecular complexity index is 491. The summed E-state index contributed by atoms with van der Waals surface area (Å²) in [5.41, 5.74) is 1.35. The van der Waals surface area contributed by atoms with Crippen LogP contribution in [0.25, 0.3) is 0 Å². The Morgan fingerprint density at radius 3 is 2.63 bits per heavy atom. The highest BCUT2D eigenvalue weighted by atomic mass is 16.4. The monoisotopic (exact) mass is 263 g/mol. The topological polar surface area (TPSA) is 60.8 Å². The molecule has 0 fully saturated rings. The van der Waals surface area contributed by atoms with Crippen LogP contribution in [0.5, 0.6) is 5.75 Å². The van der Waals surface area contributed by atoms with E-state index >= 15 is 0 Å². The van der Waals surface area contributed by atoms with Crippen LogP contribution in [0.2, 0.25) is 0 Å². The van der Waals surface area contributed by atoms with Crippen molar-refractivity contribution >= 4 is 6.09 Å². The van der Waals surface area contributed by atoms with Gasteiger partial charge in [0.05, 0.1) is 6.04 Å². The molecule has 1 amide bonds. The highest BCUT2D eigenvalue weighted by Gasteiger charge is 2.37. The number of benzene rings is 1.